The number of hydrogen-bond donors (Lipinski definition) is 2. The van der Waals surface area contributed by atoms with Gasteiger partial charge in [0.05, 0.1) is 47.3 Å². The molecule has 31 heavy (non-hydrogen) atoms. The van der Waals surface area contributed by atoms with Gasteiger partial charge >= 0.3 is 5.97 Å². The van der Waals surface area contributed by atoms with Gasteiger partial charge < -0.3 is 19.7 Å². The Labute approximate surface area is 180 Å². The number of imidazole rings is 1. The van der Waals surface area contributed by atoms with E-state index in [1.807, 2.05) is 4.57 Å². The molecule has 3 rings (SSSR count). The number of nitro benzene ring substituents is 1. The number of nitrogens with one attached hydrogen (secondary N) is 1. The van der Waals surface area contributed by atoms with Crippen molar-refractivity contribution in [1.29, 1.82) is 0 Å². The van der Waals surface area contributed by atoms with E-state index in [0.29, 0.717) is 18.1 Å². The van der Waals surface area contributed by atoms with Gasteiger partial charge in [0.25, 0.3) is 5.69 Å². The third-order valence-corrected chi connectivity index (χ3v) is 5.32. The molecule has 1 aliphatic rings. The van der Waals surface area contributed by atoms with Crippen molar-refractivity contribution in [1.82, 2.24) is 14.5 Å². The van der Waals surface area contributed by atoms with Gasteiger partial charge in [-0.3, -0.25) is 15.0 Å². The molecule has 0 saturated heterocycles. The quantitative estimate of drug-likeness (QED) is 0.354. The summed E-state index contributed by atoms with van der Waals surface area (Å²) in [4.78, 5) is 30.5. The molecule has 0 aliphatic carbocycles. The Kier molecular flexibility index (Phi) is 7.03. The molecule has 1 atom stereocenters. The molecule has 0 spiro atoms. The molecule has 2 aromatic rings. The molecule has 0 saturated carbocycles. The maximum absolute atomic E-state index is 12.9. The van der Waals surface area contributed by atoms with Crippen molar-refractivity contribution in [3.63, 3.8) is 0 Å². The SMILES string of the molecule is CCOC(=O)C1=C(CO)Nc2ncc(CN(CC)CC)n2C1c1cccc([N+](=O)[O-])c1. The zero-order valence-corrected chi connectivity index (χ0v) is 17.9. The number of aliphatic hydroxyl groups excluding tert-OH is 1. The van der Waals surface area contributed by atoms with Gasteiger partial charge in [0.1, 0.15) is 0 Å². The smallest absolute Gasteiger partial charge is 0.338 e. The summed E-state index contributed by atoms with van der Waals surface area (Å²) in [6.07, 6.45) is 1.72. The summed E-state index contributed by atoms with van der Waals surface area (Å²) in [5.74, 6) is -0.139. The van der Waals surface area contributed by atoms with E-state index in [1.54, 1.807) is 25.3 Å². The maximum Gasteiger partial charge on any atom is 0.338 e. The lowest BCUT2D eigenvalue weighted by atomic mass is 9.94. The largest absolute Gasteiger partial charge is 0.463 e. The van der Waals surface area contributed by atoms with Gasteiger partial charge in [0.2, 0.25) is 5.95 Å². The molecule has 1 aromatic heterocycles. The molecule has 10 heteroatoms. The number of carbonyl (C=O) groups excluding carboxylic acids is 1. The molecule has 1 aliphatic heterocycles. The minimum atomic E-state index is -0.731. The van der Waals surface area contributed by atoms with Gasteiger partial charge in [-0.05, 0) is 25.6 Å². The number of ether oxygens (including phenoxy) is 1. The van der Waals surface area contributed by atoms with Crippen LogP contribution in [0.5, 0.6) is 0 Å². The molecule has 0 radical (unpaired) electrons. The van der Waals surface area contributed by atoms with Crippen LogP contribution in [0, 0.1) is 10.1 Å². The van der Waals surface area contributed by atoms with E-state index in [2.05, 4.69) is 29.0 Å². The van der Waals surface area contributed by atoms with Crippen molar-refractivity contribution in [3.05, 3.63) is 63.1 Å². The summed E-state index contributed by atoms with van der Waals surface area (Å²) in [6.45, 7) is 7.77. The number of carbonyl (C=O) groups is 1. The number of anilines is 1. The molecule has 10 nitrogen and oxygen atoms in total. The lowest BCUT2D eigenvalue weighted by molar-refractivity contribution is -0.384. The van der Waals surface area contributed by atoms with Crippen LogP contribution in [0.4, 0.5) is 11.6 Å². The van der Waals surface area contributed by atoms with Crippen molar-refractivity contribution in [3.8, 4) is 0 Å². The van der Waals surface area contributed by atoms with E-state index < -0.39 is 23.5 Å². The van der Waals surface area contributed by atoms with Crippen LogP contribution >= 0.6 is 0 Å². The van der Waals surface area contributed by atoms with E-state index in [-0.39, 0.29) is 23.6 Å². The standard InChI is InChI=1S/C21H27N5O5/c1-4-24(5-2)12-16-11-22-21-23-17(13-27)18(20(28)31-6-3)19(25(16)21)14-8-7-9-15(10-14)26(29)30/h7-11,19,27H,4-6,12-13H2,1-3H3,(H,22,23). The van der Waals surface area contributed by atoms with Crippen LogP contribution < -0.4 is 5.32 Å². The molecular weight excluding hydrogens is 402 g/mol. The first-order chi connectivity index (χ1) is 14.9. The Bertz CT molecular complexity index is 996. The first kappa shape index (κ1) is 22.4. The predicted octanol–water partition coefficient (Wildman–Crippen LogP) is 2.46. The van der Waals surface area contributed by atoms with E-state index in [4.69, 9.17) is 4.74 Å². The molecule has 2 heterocycles. The molecule has 0 amide bonds. The lowest BCUT2D eigenvalue weighted by Gasteiger charge is -2.32. The number of nitro groups is 1. The minimum absolute atomic E-state index is 0.0863. The van der Waals surface area contributed by atoms with Gasteiger partial charge in [0, 0.05) is 18.7 Å². The fourth-order valence-electron chi connectivity index (χ4n) is 3.76. The van der Waals surface area contributed by atoms with Gasteiger partial charge in [0.15, 0.2) is 0 Å². The predicted molar refractivity (Wildman–Crippen MR) is 114 cm³/mol. The molecule has 1 aromatic carbocycles. The number of rotatable bonds is 9. The summed E-state index contributed by atoms with van der Waals surface area (Å²) < 4.78 is 7.12. The van der Waals surface area contributed by atoms with Crippen molar-refractivity contribution in [2.45, 2.75) is 33.4 Å². The fraction of sp³-hybridized carbons (Fsp3) is 0.429. The van der Waals surface area contributed by atoms with Crippen LogP contribution in [0.15, 0.2) is 41.7 Å². The Morgan fingerprint density at radius 2 is 2.10 bits per heavy atom. The van der Waals surface area contributed by atoms with Gasteiger partial charge in [-0.1, -0.05) is 26.0 Å². The fourth-order valence-corrected chi connectivity index (χ4v) is 3.76. The molecule has 0 fully saturated rings. The highest BCUT2D eigenvalue weighted by atomic mass is 16.6. The zero-order chi connectivity index (χ0) is 22.5. The highest BCUT2D eigenvalue weighted by Gasteiger charge is 2.36. The maximum atomic E-state index is 12.9. The molecular formula is C21H27N5O5. The Morgan fingerprint density at radius 3 is 2.71 bits per heavy atom. The monoisotopic (exact) mass is 429 g/mol. The number of esters is 1. The van der Waals surface area contributed by atoms with E-state index in [1.165, 1.54) is 12.1 Å². The first-order valence-electron chi connectivity index (χ1n) is 10.3. The lowest BCUT2D eigenvalue weighted by Crippen LogP contribution is -2.33. The van der Waals surface area contributed by atoms with E-state index >= 15 is 0 Å². The first-order valence-corrected chi connectivity index (χ1v) is 10.3. The van der Waals surface area contributed by atoms with Gasteiger partial charge in [-0.2, -0.15) is 0 Å². The zero-order valence-electron chi connectivity index (χ0n) is 17.9. The Balaban J connectivity index is 2.22. The number of hydrogen-bond acceptors (Lipinski definition) is 8. The van der Waals surface area contributed by atoms with Crippen LogP contribution in [0.3, 0.4) is 0 Å². The van der Waals surface area contributed by atoms with Crippen LogP contribution in [0.1, 0.15) is 38.1 Å². The molecule has 1 unspecified atom stereocenters. The topological polar surface area (TPSA) is 123 Å². The van der Waals surface area contributed by atoms with Crippen LogP contribution in [-0.2, 0) is 16.1 Å². The number of aliphatic hydroxyl groups is 1. The number of non-ortho nitro benzene ring substituents is 1. The minimum Gasteiger partial charge on any atom is -0.463 e. The van der Waals surface area contributed by atoms with Crippen molar-refractivity contribution in [2.24, 2.45) is 0 Å². The average molecular weight is 429 g/mol. The number of nitrogens with zero attached hydrogens (tertiary/aromatic N) is 4. The number of benzene rings is 1. The van der Waals surface area contributed by atoms with Crippen molar-refractivity contribution in [2.75, 3.05) is 31.6 Å². The Morgan fingerprint density at radius 1 is 1.35 bits per heavy atom. The van der Waals surface area contributed by atoms with E-state index in [9.17, 15) is 20.0 Å². The number of aromatic nitrogens is 2. The molecule has 2 N–H and O–H groups in total. The molecule has 0 bridgehead atoms. The van der Waals surface area contributed by atoms with Crippen LogP contribution in [-0.4, -0.2) is 56.8 Å². The van der Waals surface area contributed by atoms with Crippen LogP contribution in [0.2, 0.25) is 0 Å². The summed E-state index contributed by atoms with van der Waals surface area (Å²) in [7, 11) is 0. The summed E-state index contributed by atoms with van der Waals surface area (Å²) in [5.41, 5.74) is 1.75. The van der Waals surface area contributed by atoms with Crippen molar-refractivity contribution < 1.29 is 19.6 Å². The third-order valence-electron chi connectivity index (χ3n) is 5.32. The number of fused-ring (bicyclic) bond motifs is 1. The normalized spacial score (nSPS) is 15.6. The average Bonchev–Trinajstić information content (AvgIpc) is 3.18. The second kappa shape index (κ2) is 9.71. The third kappa shape index (κ3) is 4.44. The molecule has 166 valence electrons. The van der Waals surface area contributed by atoms with Gasteiger partial charge in [-0.25, -0.2) is 9.78 Å². The second-order valence-electron chi connectivity index (χ2n) is 7.05. The summed E-state index contributed by atoms with van der Waals surface area (Å²) in [6, 6.07) is 5.41. The highest BCUT2D eigenvalue weighted by Crippen LogP contribution is 2.38. The van der Waals surface area contributed by atoms with E-state index in [0.717, 1.165) is 18.8 Å². The highest BCUT2D eigenvalue weighted by molar-refractivity contribution is 5.92. The second-order valence-corrected chi connectivity index (χ2v) is 7.05. The van der Waals surface area contributed by atoms with Crippen molar-refractivity contribution >= 4 is 17.6 Å². The summed E-state index contributed by atoms with van der Waals surface area (Å²) in [5, 5.41) is 24.4. The van der Waals surface area contributed by atoms with Gasteiger partial charge in [-0.15, -0.1) is 0 Å². The Hall–Kier alpha value is -3.24. The summed E-state index contributed by atoms with van der Waals surface area (Å²) >= 11 is 0. The van der Waals surface area contributed by atoms with Crippen LogP contribution in [0.25, 0.3) is 0 Å².